The summed E-state index contributed by atoms with van der Waals surface area (Å²) in [6.07, 6.45) is 4.11. The molecule has 258 valence electrons. The maximum absolute atomic E-state index is 15.0. The fourth-order valence-corrected chi connectivity index (χ4v) is 8.38. The lowest BCUT2D eigenvalue weighted by Crippen LogP contribution is -2.52. The summed E-state index contributed by atoms with van der Waals surface area (Å²) in [7, 11) is 0. The molecule has 0 spiro atoms. The zero-order chi connectivity index (χ0) is 35.3. The molecule has 50 heavy (non-hydrogen) atoms. The standard InChI is InChI=1S/C42H42O8/c1-26-22-31-32(40(31,2)3)24-41(4)37(50-41)34-35(48-39(46)29-18-12-7-13-19-29)30(25-47-38(45)28-16-10-6-11-17-28)23-42(34,36(26)44)49-33(43)21-20-27-14-8-5-9-15-27/h5-22,30-32,34-35,37H,23-25H2,1-4H3/b21-20+,26-22+/t30-,31-,32+,34-,35+,37+,41+,42-/m1/s1. The minimum Gasteiger partial charge on any atom is -0.462 e. The van der Waals surface area contributed by atoms with Crippen molar-refractivity contribution in [2.24, 2.45) is 29.1 Å². The molecule has 0 aromatic heterocycles. The van der Waals surface area contributed by atoms with Crippen LogP contribution in [0.3, 0.4) is 0 Å². The second-order valence-corrected chi connectivity index (χ2v) is 14.9. The van der Waals surface area contributed by atoms with E-state index in [1.807, 2.05) is 43.3 Å². The SMILES string of the molecule is C/C1=C\[C@@H]2[C@H](C[C@]3(C)O[C@H]3[C@H]3[C@@H](OC(=O)c4ccccc4)[C@@H](COC(=O)c4ccccc4)C[C@]3(OC(=O)/C=C/c3ccccc3)C1=O)C2(C)C. The Hall–Kier alpha value is -4.82. The van der Waals surface area contributed by atoms with Gasteiger partial charge in [-0.3, -0.25) is 4.79 Å². The molecule has 4 aliphatic rings. The van der Waals surface area contributed by atoms with Crippen LogP contribution in [0.4, 0.5) is 0 Å². The molecule has 1 heterocycles. The molecule has 8 nitrogen and oxygen atoms in total. The molecule has 0 amide bonds. The van der Waals surface area contributed by atoms with Gasteiger partial charge in [-0.15, -0.1) is 0 Å². The van der Waals surface area contributed by atoms with Crippen molar-refractivity contribution in [1.82, 2.24) is 0 Å². The summed E-state index contributed by atoms with van der Waals surface area (Å²) in [5.74, 6) is -3.33. The highest BCUT2D eigenvalue weighted by Gasteiger charge is 2.74. The van der Waals surface area contributed by atoms with Gasteiger partial charge in [0.1, 0.15) is 6.10 Å². The third-order valence-electron chi connectivity index (χ3n) is 11.3. The normalized spacial score (nSPS) is 33.1. The molecule has 0 N–H and O–H groups in total. The van der Waals surface area contributed by atoms with Crippen molar-refractivity contribution in [3.8, 4) is 0 Å². The minimum atomic E-state index is -1.77. The number of hydrogen-bond acceptors (Lipinski definition) is 8. The van der Waals surface area contributed by atoms with Crippen molar-refractivity contribution >= 4 is 29.8 Å². The largest absolute Gasteiger partial charge is 0.462 e. The molecule has 3 aromatic carbocycles. The van der Waals surface area contributed by atoms with Gasteiger partial charge in [-0.1, -0.05) is 86.7 Å². The van der Waals surface area contributed by atoms with Crippen LogP contribution in [0.5, 0.6) is 0 Å². The Morgan fingerprint density at radius 1 is 0.840 bits per heavy atom. The van der Waals surface area contributed by atoms with Gasteiger partial charge >= 0.3 is 17.9 Å². The Labute approximate surface area is 292 Å². The van der Waals surface area contributed by atoms with Crippen LogP contribution in [0.1, 0.15) is 66.8 Å². The van der Waals surface area contributed by atoms with Gasteiger partial charge < -0.3 is 18.9 Å². The highest BCUT2D eigenvalue weighted by molar-refractivity contribution is 6.04. The number of allylic oxidation sites excluding steroid dienone is 1. The molecule has 1 aliphatic heterocycles. The fourth-order valence-electron chi connectivity index (χ4n) is 8.38. The number of hydrogen-bond donors (Lipinski definition) is 0. The number of rotatable bonds is 8. The average molecular weight is 675 g/mol. The van der Waals surface area contributed by atoms with Gasteiger partial charge in [0.25, 0.3) is 0 Å². The maximum Gasteiger partial charge on any atom is 0.338 e. The first-order valence-electron chi connectivity index (χ1n) is 17.3. The maximum atomic E-state index is 15.0. The molecule has 0 radical (unpaired) electrons. The van der Waals surface area contributed by atoms with Crippen molar-refractivity contribution in [2.45, 2.75) is 63.9 Å². The molecular weight excluding hydrogens is 632 g/mol. The third kappa shape index (κ3) is 6.22. The van der Waals surface area contributed by atoms with Crippen molar-refractivity contribution < 1.29 is 38.1 Å². The van der Waals surface area contributed by atoms with Crippen LogP contribution in [-0.4, -0.2) is 53.7 Å². The Morgan fingerprint density at radius 3 is 2.08 bits per heavy atom. The van der Waals surface area contributed by atoms with Crippen molar-refractivity contribution in [3.63, 3.8) is 0 Å². The van der Waals surface area contributed by atoms with Crippen LogP contribution in [0.25, 0.3) is 6.08 Å². The van der Waals surface area contributed by atoms with Crippen LogP contribution in [0.2, 0.25) is 0 Å². The predicted molar refractivity (Wildman–Crippen MR) is 186 cm³/mol. The monoisotopic (exact) mass is 674 g/mol. The van der Waals surface area contributed by atoms with Gasteiger partial charge in [0.05, 0.1) is 35.4 Å². The smallest absolute Gasteiger partial charge is 0.338 e. The number of fused-ring (bicyclic) bond motifs is 4. The predicted octanol–water partition coefficient (Wildman–Crippen LogP) is 7.05. The number of esters is 3. The summed E-state index contributed by atoms with van der Waals surface area (Å²) in [6, 6.07) is 26.5. The number of carbonyl (C=O) groups is 4. The molecule has 3 fully saturated rings. The Bertz CT molecular complexity index is 1850. The van der Waals surface area contributed by atoms with Gasteiger partial charge in [0, 0.05) is 18.4 Å². The van der Waals surface area contributed by atoms with E-state index in [-0.39, 0.29) is 30.1 Å². The molecule has 3 aliphatic carbocycles. The zero-order valence-electron chi connectivity index (χ0n) is 28.7. The van der Waals surface area contributed by atoms with Crippen LogP contribution < -0.4 is 0 Å². The second-order valence-electron chi connectivity index (χ2n) is 14.9. The van der Waals surface area contributed by atoms with Gasteiger partial charge in [-0.05, 0) is 79.0 Å². The molecule has 1 saturated heterocycles. The second kappa shape index (κ2) is 12.8. The van der Waals surface area contributed by atoms with Gasteiger partial charge in [0.15, 0.2) is 5.60 Å². The highest BCUT2D eigenvalue weighted by atomic mass is 16.6. The van der Waals surface area contributed by atoms with Gasteiger partial charge in [0.2, 0.25) is 5.78 Å². The molecule has 0 unspecified atom stereocenters. The summed E-state index contributed by atoms with van der Waals surface area (Å²) >= 11 is 0. The number of carbonyl (C=O) groups excluding carboxylic acids is 4. The van der Waals surface area contributed by atoms with Crippen LogP contribution in [-0.2, 0) is 28.5 Å². The number of Topliss-reactive ketones (excluding diaryl/α,β-unsaturated/α-hetero) is 1. The first-order valence-corrected chi connectivity index (χ1v) is 17.3. The topological polar surface area (TPSA) is 108 Å². The molecule has 2 saturated carbocycles. The lowest BCUT2D eigenvalue weighted by molar-refractivity contribution is -0.168. The van der Waals surface area contributed by atoms with Crippen LogP contribution >= 0.6 is 0 Å². The fraction of sp³-hybridized carbons (Fsp3) is 0.381. The quantitative estimate of drug-likeness (QED) is 0.108. The van der Waals surface area contributed by atoms with Crippen molar-refractivity contribution in [2.75, 3.05) is 6.61 Å². The van der Waals surface area contributed by atoms with E-state index in [2.05, 4.69) is 13.8 Å². The molecule has 8 heteroatoms. The lowest BCUT2D eigenvalue weighted by atomic mass is 9.76. The minimum absolute atomic E-state index is 0.0316. The summed E-state index contributed by atoms with van der Waals surface area (Å²) in [6.45, 7) is 8.01. The van der Waals surface area contributed by atoms with E-state index in [4.69, 9.17) is 18.9 Å². The molecule has 0 bridgehead atoms. The van der Waals surface area contributed by atoms with Gasteiger partial charge in [-0.2, -0.15) is 0 Å². The Kier molecular flexibility index (Phi) is 8.63. The first-order chi connectivity index (χ1) is 23.9. The van der Waals surface area contributed by atoms with Crippen LogP contribution in [0, 0.1) is 29.1 Å². The van der Waals surface area contributed by atoms with E-state index in [0.717, 1.165) is 12.0 Å². The van der Waals surface area contributed by atoms with E-state index < -0.39 is 53.2 Å². The van der Waals surface area contributed by atoms with E-state index >= 15 is 0 Å². The average Bonchev–Trinajstić information content (AvgIpc) is 3.88. The first kappa shape index (κ1) is 33.7. The Balaban J connectivity index is 1.31. The molecule has 8 atom stereocenters. The van der Waals surface area contributed by atoms with Gasteiger partial charge in [-0.25, -0.2) is 14.4 Å². The van der Waals surface area contributed by atoms with E-state index in [9.17, 15) is 19.2 Å². The molecular formula is C42H42O8. The molecule has 3 aromatic rings. The summed E-state index contributed by atoms with van der Waals surface area (Å²) in [5.41, 5.74) is -0.477. The number of ketones is 1. The highest BCUT2D eigenvalue weighted by Crippen LogP contribution is 2.67. The Morgan fingerprint density at radius 2 is 1.44 bits per heavy atom. The van der Waals surface area contributed by atoms with E-state index in [1.54, 1.807) is 73.7 Å². The number of benzene rings is 3. The third-order valence-corrected chi connectivity index (χ3v) is 11.3. The molecule has 7 rings (SSSR count). The summed E-state index contributed by atoms with van der Waals surface area (Å²) in [5, 5.41) is 0. The summed E-state index contributed by atoms with van der Waals surface area (Å²) < 4.78 is 25.1. The van der Waals surface area contributed by atoms with Crippen LogP contribution in [0.15, 0.2) is 109 Å². The van der Waals surface area contributed by atoms with E-state index in [0.29, 0.717) is 22.6 Å². The lowest BCUT2D eigenvalue weighted by Gasteiger charge is -2.35. The summed E-state index contributed by atoms with van der Waals surface area (Å²) in [4.78, 5) is 55.7. The zero-order valence-corrected chi connectivity index (χ0v) is 28.7. The number of ether oxygens (including phenoxy) is 4. The van der Waals surface area contributed by atoms with Crippen molar-refractivity contribution in [3.05, 3.63) is 125 Å². The number of epoxide rings is 1. The van der Waals surface area contributed by atoms with Crippen molar-refractivity contribution in [1.29, 1.82) is 0 Å². The van der Waals surface area contributed by atoms with E-state index in [1.165, 1.54) is 6.08 Å².